The fourth-order valence-corrected chi connectivity index (χ4v) is 3.15. The van der Waals surface area contributed by atoms with Crippen LogP contribution in [0.2, 0.25) is 0 Å². The third-order valence-corrected chi connectivity index (χ3v) is 4.89. The van der Waals surface area contributed by atoms with Gasteiger partial charge in [-0.05, 0) is 25.8 Å². The van der Waals surface area contributed by atoms with Crippen LogP contribution in [-0.4, -0.2) is 58.8 Å². The number of ether oxygens (including phenoxy) is 1. The molecule has 2 aliphatic rings. The molecule has 7 heteroatoms. The van der Waals surface area contributed by atoms with Gasteiger partial charge >= 0.3 is 0 Å². The van der Waals surface area contributed by atoms with E-state index in [2.05, 4.69) is 17.0 Å². The van der Waals surface area contributed by atoms with Gasteiger partial charge in [0.25, 0.3) is 5.91 Å². The summed E-state index contributed by atoms with van der Waals surface area (Å²) in [5.41, 5.74) is 0.576. The van der Waals surface area contributed by atoms with Gasteiger partial charge in [-0.3, -0.25) is 14.3 Å². The van der Waals surface area contributed by atoms with Crippen LogP contribution in [0.5, 0.6) is 0 Å². The molecule has 1 unspecified atom stereocenters. The van der Waals surface area contributed by atoms with Crippen LogP contribution in [0, 0.1) is 5.92 Å². The number of nitrogens with zero attached hydrogens (tertiary/aromatic N) is 3. The number of hydrogen-bond donors (Lipinski definition) is 1. The Labute approximate surface area is 141 Å². The van der Waals surface area contributed by atoms with Crippen molar-refractivity contribution < 1.29 is 14.3 Å². The van der Waals surface area contributed by atoms with Crippen molar-refractivity contribution in [2.45, 2.75) is 31.8 Å². The first-order chi connectivity index (χ1) is 11.6. The van der Waals surface area contributed by atoms with Crippen molar-refractivity contribution in [2.24, 2.45) is 5.92 Å². The van der Waals surface area contributed by atoms with Crippen LogP contribution in [0.25, 0.3) is 0 Å². The summed E-state index contributed by atoms with van der Waals surface area (Å²) in [4.78, 5) is 25.6. The zero-order valence-corrected chi connectivity index (χ0v) is 14.0. The molecule has 24 heavy (non-hydrogen) atoms. The lowest BCUT2D eigenvalue weighted by Crippen LogP contribution is -2.57. The van der Waals surface area contributed by atoms with Crippen LogP contribution in [0.4, 0.5) is 0 Å². The van der Waals surface area contributed by atoms with E-state index in [9.17, 15) is 9.59 Å². The molecule has 7 nitrogen and oxygen atoms in total. The summed E-state index contributed by atoms with van der Waals surface area (Å²) in [5.74, 6) is 0.111. The van der Waals surface area contributed by atoms with Crippen LogP contribution < -0.4 is 5.32 Å². The lowest BCUT2D eigenvalue weighted by Gasteiger charge is -2.42. The maximum Gasteiger partial charge on any atom is 0.254 e. The molecule has 2 saturated heterocycles. The number of hydrogen-bond acceptors (Lipinski definition) is 4. The minimum atomic E-state index is -0.116. The summed E-state index contributed by atoms with van der Waals surface area (Å²) in [6, 6.07) is 0.320. The Balaban J connectivity index is 1.51. The first kappa shape index (κ1) is 16.7. The van der Waals surface area contributed by atoms with E-state index in [4.69, 9.17) is 4.74 Å². The molecule has 0 aliphatic carbocycles. The average Bonchev–Trinajstić information content (AvgIpc) is 3.04. The van der Waals surface area contributed by atoms with E-state index >= 15 is 0 Å². The highest BCUT2D eigenvalue weighted by molar-refractivity contribution is 5.94. The van der Waals surface area contributed by atoms with E-state index in [1.165, 1.54) is 6.08 Å². The molecule has 0 saturated carbocycles. The molecule has 2 fully saturated rings. The summed E-state index contributed by atoms with van der Waals surface area (Å²) in [7, 11) is 0. The topological polar surface area (TPSA) is 76.5 Å². The van der Waals surface area contributed by atoms with E-state index in [1.807, 2.05) is 17.8 Å². The molecule has 0 bridgehead atoms. The Morgan fingerprint density at radius 2 is 2.12 bits per heavy atom. The summed E-state index contributed by atoms with van der Waals surface area (Å²) in [5, 5.41) is 7.34. The van der Waals surface area contributed by atoms with E-state index in [1.54, 1.807) is 11.1 Å². The SMILES string of the molecule is C=CC(=O)N1CC(C(C)NC(=O)c2cnn(C3CCOCC3)c2)C1. The monoisotopic (exact) mass is 332 g/mol. The van der Waals surface area contributed by atoms with E-state index in [0.717, 1.165) is 26.1 Å². The highest BCUT2D eigenvalue weighted by atomic mass is 16.5. The van der Waals surface area contributed by atoms with Gasteiger partial charge in [0.1, 0.15) is 0 Å². The molecule has 2 amide bonds. The van der Waals surface area contributed by atoms with Crippen molar-refractivity contribution in [3.8, 4) is 0 Å². The Hall–Kier alpha value is -2.15. The molecule has 1 N–H and O–H groups in total. The molecule has 3 rings (SSSR count). The van der Waals surface area contributed by atoms with Gasteiger partial charge in [0, 0.05) is 44.5 Å². The first-order valence-corrected chi connectivity index (χ1v) is 8.42. The van der Waals surface area contributed by atoms with Crippen LogP contribution >= 0.6 is 0 Å². The van der Waals surface area contributed by atoms with Crippen molar-refractivity contribution in [1.29, 1.82) is 0 Å². The molecule has 0 spiro atoms. The summed E-state index contributed by atoms with van der Waals surface area (Å²) >= 11 is 0. The molecule has 1 aromatic heterocycles. The molecule has 0 radical (unpaired) electrons. The van der Waals surface area contributed by atoms with Crippen molar-refractivity contribution in [3.05, 3.63) is 30.6 Å². The Kier molecular flexibility index (Phi) is 4.99. The second kappa shape index (κ2) is 7.17. The maximum atomic E-state index is 12.4. The largest absolute Gasteiger partial charge is 0.381 e. The van der Waals surface area contributed by atoms with Gasteiger partial charge in [0.05, 0.1) is 17.8 Å². The Bertz CT molecular complexity index is 615. The number of nitrogens with one attached hydrogen (secondary N) is 1. The fraction of sp³-hybridized carbons (Fsp3) is 0.588. The molecule has 3 heterocycles. The predicted molar refractivity (Wildman–Crippen MR) is 88.5 cm³/mol. The quantitative estimate of drug-likeness (QED) is 0.816. The van der Waals surface area contributed by atoms with Crippen molar-refractivity contribution in [1.82, 2.24) is 20.0 Å². The van der Waals surface area contributed by atoms with Crippen molar-refractivity contribution in [2.75, 3.05) is 26.3 Å². The fourth-order valence-electron chi connectivity index (χ4n) is 3.15. The first-order valence-electron chi connectivity index (χ1n) is 8.42. The number of carbonyl (C=O) groups excluding carboxylic acids is 2. The molecule has 1 atom stereocenters. The molecular weight excluding hydrogens is 308 g/mol. The summed E-state index contributed by atoms with van der Waals surface area (Å²) in [6.07, 6.45) is 6.60. The average molecular weight is 332 g/mol. The molecule has 130 valence electrons. The predicted octanol–water partition coefficient (Wildman–Crippen LogP) is 0.997. The summed E-state index contributed by atoms with van der Waals surface area (Å²) < 4.78 is 7.22. The molecule has 2 aliphatic heterocycles. The Morgan fingerprint density at radius 3 is 2.79 bits per heavy atom. The minimum absolute atomic E-state index is 0.0118. The van der Waals surface area contributed by atoms with Crippen molar-refractivity contribution >= 4 is 11.8 Å². The van der Waals surface area contributed by atoms with Gasteiger partial charge < -0.3 is 15.0 Å². The van der Waals surface area contributed by atoms with Gasteiger partial charge in [-0.25, -0.2) is 0 Å². The second-order valence-corrected chi connectivity index (χ2v) is 6.52. The number of aromatic nitrogens is 2. The van der Waals surface area contributed by atoms with Gasteiger partial charge in [0.2, 0.25) is 5.91 Å². The van der Waals surface area contributed by atoms with Crippen LogP contribution in [0.15, 0.2) is 25.0 Å². The van der Waals surface area contributed by atoms with Crippen LogP contribution in [0.1, 0.15) is 36.2 Å². The zero-order chi connectivity index (χ0) is 17.1. The number of carbonyl (C=O) groups is 2. The Morgan fingerprint density at radius 1 is 1.42 bits per heavy atom. The number of likely N-dealkylation sites (tertiary alicyclic amines) is 1. The van der Waals surface area contributed by atoms with Crippen LogP contribution in [0.3, 0.4) is 0 Å². The van der Waals surface area contributed by atoms with Gasteiger partial charge in [-0.1, -0.05) is 6.58 Å². The van der Waals surface area contributed by atoms with E-state index < -0.39 is 0 Å². The van der Waals surface area contributed by atoms with Gasteiger partial charge in [-0.2, -0.15) is 5.10 Å². The highest BCUT2D eigenvalue weighted by Crippen LogP contribution is 2.21. The zero-order valence-electron chi connectivity index (χ0n) is 14.0. The third-order valence-electron chi connectivity index (χ3n) is 4.89. The van der Waals surface area contributed by atoms with Gasteiger partial charge in [-0.15, -0.1) is 0 Å². The second-order valence-electron chi connectivity index (χ2n) is 6.52. The summed E-state index contributed by atoms with van der Waals surface area (Å²) in [6.45, 7) is 8.26. The maximum absolute atomic E-state index is 12.4. The lowest BCUT2D eigenvalue weighted by molar-refractivity contribution is -0.132. The molecule has 0 aromatic carbocycles. The van der Waals surface area contributed by atoms with Crippen LogP contribution in [-0.2, 0) is 9.53 Å². The standard InChI is InChI=1S/C17H24N4O3/c1-3-16(22)20-9-14(10-20)12(2)19-17(23)13-8-18-21(11-13)15-4-6-24-7-5-15/h3,8,11-12,14-15H,1,4-7,9-10H2,2H3,(H,19,23). The van der Waals surface area contributed by atoms with Crippen molar-refractivity contribution in [3.63, 3.8) is 0 Å². The van der Waals surface area contributed by atoms with E-state index in [0.29, 0.717) is 24.7 Å². The highest BCUT2D eigenvalue weighted by Gasteiger charge is 2.34. The smallest absolute Gasteiger partial charge is 0.254 e. The normalized spacial score (nSPS) is 20.3. The van der Waals surface area contributed by atoms with E-state index in [-0.39, 0.29) is 23.8 Å². The minimum Gasteiger partial charge on any atom is -0.381 e. The lowest BCUT2D eigenvalue weighted by atomic mass is 9.92. The molecule has 1 aromatic rings. The molecular formula is C17H24N4O3. The number of rotatable bonds is 5. The third kappa shape index (κ3) is 3.51. The van der Waals surface area contributed by atoms with Gasteiger partial charge in [0.15, 0.2) is 0 Å². The number of amides is 2.